The summed E-state index contributed by atoms with van der Waals surface area (Å²) < 4.78 is 0. The average molecular weight is 234 g/mol. The maximum Gasteiger partial charge on any atom is 0.227 e. The Morgan fingerprint density at radius 3 is 2.41 bits per heavy atom. The zero-order valence-corrected chi connectivity index (χ0v) is 10.4. The topological polar surface area (TPSA) is 32.3 Å². The van der Waals surface area contributed by atoms with E-state index in [1.54, 1.807) is 0 Å². The largest absolute Gasteiger partial charge is 0.342 e. The molecular weight excluding hydrogens is 212 g/mol. The number of carbonyl (C=O) groups is 1. The summed E-state index contributed by atoms with van der Waals surface area (Å²) in [5.74, 6) is 2.46. The highest BCUT2D eigenvalue weighted by Crippen LogP contribution is 2.40. The molecule has 1 N–H and O–H groups in total. The van der Waals surface area contributed by atoms with Gasteiger partial charge < -0.3 is 10.2 Å². The fourth-order valence-electron chi connectivity index (χ4n) is 4.75. The van der Waals surface area contributed by atoms with Crippen LogP contribution in [0.5, 0.6) is 0 Å². The number of likely N-dealkylation sites (tertiary alicyclic amines) is 1. The monoisotopic (exact) mass is 234 g/mol. The van der Waals surface area contributed by atoms with Crippen molar-refractivity contribution in [1.29, 1.82) is 0 Å². The van der Waals surface area contributed by atoms with Crippen LogP contribution in [0.3, 0.4) is 0 Å². The summed E-state index contributed by atoms with van der Waals surface area (Å²) in [6, 6.07) is 1.16. The van der Waals surface area contributed by atoms with Gasteiger partial charge in [0.25, 0.3) is 0 Å². The molecule has 3 nitrogen and oxygen atoms in total. The first-order valence-corrected chi connectivity index (χ1v) is 7.36. The second-order valence-electron chi connectivity index (χ2n) is 6.58. The third-order valence-electron chi connectivity index (χ3n) is 5.66. The smallest absolute Gasteiger partial charge is 0.227 e. The van der Waals surface area contributed by atoms with Crippen LogP contribution in [0.1, 0.15) is 38.5 Å². The molecule has 3 saturated heterocycles. The van der Waals surface area contributed by atoms with Gasteiger partial charge >= 0.3 is 0 Å². The van der Waals surface area contributed by atoms with E-state index in [1.807, 2.05) is 0 Å². The Kier molecular flexibility index (Phi) is 2.26. The average Bonchev–Trinajstić information content (AvgIpc) is 3.06. The van der Waals surface area contributed by atoms with Crippen molar-refractivity contribution in [2.24, 2.45) is 17.8 Å². The first-order valence-electron chi connectivity index (χ1n) is 7.36. The van der Waals surface area contributed by atoms with E-state index in [4.69, 9.17) is 0 Å². The van der Waals surface area contributed by atoms with Gasteiger partial charge in [-0.25, -0.2) is 0 Å². The van der Waals surface area contributed by atoms with Crippen molar-refractivity contribution in [3.05, 3.63) is 0 Å². The highest BCUT2D eigenvalue weighted by molar-refractivity contribution is 5.80. The zero-order chi connectivity index (χ0) is 11.4. The van der Waals surface area contributed by atoms with Gasteiger partial charge in [-0.15, -0.1) is 0 Å². The predicted molar refractivity (Wildman–Crippen MR) is 65.5 cm³/mol. The molecule has 0 aromatic heterocycles. The quantitative estimate of drug-likeness (QED) is 0.743. The van der Waals surface area contributed by atoms with Gasteiger partial charge in [0, 0.05) is 25.2 Å². The molecule has 0 aromatic carbocycles. The fraction of sp³-hybridized carbons (Fsp3) is 0.929. The summed E-state index contributed by atoms with van der Waals surface area (Å²) in [4.78, 5) is 14.8. The molecule has 4 fully saturated rings. The minimum atomic E-state index is 0.313. The maximum atomic E-state index is 12.6. The zero-order valence-electron chi connectivity index (χ0n) is 10.4. The van der Waals surface area contributed by atoms with E-state index in [0.29, 0.717) is 23.9 Å². The van der Waals surface area contributed by atoms with Crippen LogP contribution in [-0.2, 0) is 4.79 Å². The Labute approximate surface area is 103 Å². The van der Waals surface area contributed by atoms with Crippen LogP contribution in [0.4, 0.5) is 0 Å². The highest BCUT2D eigenvalue weighted by atomic mass is 16.2. The SMILES string of the molecule is O=C(C1CC2CCC1N2)N1CC2CCCC2C1. The summed E-state index contributed by atoms with van der Waals surface area (Å²) in [5, 5.41) is 3.59. The minimum absolute atomic E-state index is 0.313. The summed E-state index contributed by atoms with van der Waals surface area (Å²) in [7, 11) is 0. The third kappa shape index (κ3) is 1.55. The minimum Gasteiger partial charge on any atom is -0.342 e. The molecule has 0 spiro atoms. The van der Waals surface area contributed by atoms with Crippen LogP contribution in [0, 0.1) is 17.8 Å². The molecule has 5 atom stereocenters. The van der Waals surface area contributed by atoms with Gasteiger partial charge in [-0.3, -0.25) is 4.79 Å². The summed E-state index contributed by atoms with van der Waals surface area (Å²) in [6.07, 6.45) is 7.75. The molecule has 1 saturated carbocycles. The number of rotatable bonds is 1. The van der Waals surface area contributed by atoms with Crippen molar-refractivity contribution >= 4 is 5.91 Å². The van der Waals surface area contributed by atoms with Crippen LogP contribution in [0.25, 0.3) is 0 Å². The first kappa shape index (κ1) is 10.4. The molecule has 94 valence electrons. The maximum absolute atomic E-state index is 12.6. The lowest BCUT2D eigenvalue weighted by Gasteiger charge is -2.26. The van der Waals surface area contributed by atoms with Crippen molar-refractivity contribution in [1.82, 2.24) is 10.2 Å². The van der Waals surface area contributed by atoms with E-state index in [2.05, 4.69) is 10.2 Å². The van der Waals surface area contributed by atoms with E-state index in [1.165, 1.54) is 32.1 Å². The van der Waals surface area contributed by atoms with Crippen molar-refractivity contribution < 1.29 is 4.79 Å². The predicted octanol–water partition coefficient (Wildman–Crippen LogP) is 1.39. The lowest BCUT2D eigenvalue weighted by molar-refractivity contribution is -0.135. The normalized spacial score (nSPS) is 47.8. The lowest BCUT2D eigenvalue weighted by Crippen LogP contribution is -2.40. The standard InChI is InChI=1S/C14H22N2O/c17-14(12-6-11-4-5-13(12)15-11)16-7-9-2-1-3-10(9)8-16/h9-13,15H,1-8H2. The molecule has 1 aliphatic carbocycles. The second-order valence-corrected chi connectivity index (χ2v) is 6.58. The van der Waals surface area contributed by atoms with E-state index in [0.717, 1.165) is 31.3 Å². The van der Waals surface area contributed by atoms with E-state index >= 15 is 0 Å². The Morgan fingerprint density at radius 1 is 1.06 bits per heavy atom. The molecule has 0 aromatic rings. The Hall–Kier alpha value is -0.570. The molecule has 3 heterocycles. The van der Waals surface area contributed by atoms with Gasteiger partial charge in [-0.2, -0.15) is 0 Å². The van der Waals surface area contributed by atoms with Crippen LogP contribution in [-0.4, -0.2) is 36.0 Å². The summed E-state index contributed by atoms with van der Waals surface area (Å²) in [6.45, 7) is 2.13. The Morgan fingerprint density at radius 2 is 1.82 bits per heavy atom. The van der Waals surface area contributed by atoms with Gasteiger partial charge in [0.2, 0.25) is 5.91 Å². The van der Waals surface area contributed by atoms with Crippen LogP contribution < -0.4 is 5.32 Å². The van der Waals surface area contributed by atoms with Gasteiger partial charge in [-0.05, 0) is 43.9 Å². The van der Waals surface area contributed by atoms with Crippen molar-refractivity contribution in [2.45, 2.75) is 50.6 Å². The molecule has 0 radical (unpaired) electrons. The van der Waals surface area contributed by atoms with Gasteiger partial charge in [0.05, 0.1) is 5.92 Å². The molecule has 3 heteroatoms. The number of amides is 1. The number of fused-ring (bicyclic) bond motifs is 3. The number of nitrogens with zero attached hydrogens (tertiary/aromatic N) is 1. The van der Waals surface area contributed by atoms with Crippen LogP contribution in [0.15, 0.2) is 0 Å². The fourth-order valence-corrected chi connectivity index (χ4v) is 4.75. The van der Waals surface area contributed by atoms with E-state index in [9.17, 15) is 4.79 Å². The molecule has 2 bridgehead atoms. The Balaban J connectivity index is 1.44. The summed E-state index contributed by atoms with van der Waals surface area (Å²) >= 11 is 0. The van der Waals surface area contributed by atoms with Gasteiger partial charge in [0.1, 0.15) is 0 Å². The number of hydrogen-bond donors (Lipinski definition) is 1. The van der Waals surface area contributed by atoms with Crippen molar-refractivity contribution in [3.63, 3.8) is 0 Å². The van der Waals surface area contributed by atoms with Gasteiger partial charge in [-0.1, -0.05) is 6.42 Å². The lowest BCUT2D eigenvalue weighted by atomic mass is 9.88. The molecule has 3 aliphatic heterocycles. The molecular formula is C14H22N2O. The van der Waals surface area contributed by atoms with Crippen LogP contribution in [0.2, 0.25) is 0 Å². The number of nitrogens with one attached hydrogen (secondary N) is 1. The van der Waals surface area contributed by atoms with Gasteiger partial charge in [0.15, 0.2) is 0 Å². The van der Waals surface area contributed by atoms with E-state index in [-0.39, 0.29) is 0 Å². The van der Waals surface area contributed by atoms with Crippen molar-refractivity contribution in [3.8, 4) is 0 Å². The molecule has 4 aliphatic rings. The number of hydrogen-bond acceptors (Lipinski definition) is 2. The third-order valence-corrected chi connectivity index (χ3v) is 5.66. The Bertz CT molecular complexity index is 331. The summed E-state index contributed by atoms with van der Waals surface area (Å²) in [5.41, 5.74) is 0. The first-order chi connectivity index (χ1) is 8.31. The van der Waals surface area contributed by atoms with Crippen molar-refractivity contribution in [2.75, 3.05) is 13.1 Å². The second kappa shape index (κ2) is 3.71. The molecule has 5 unspecified atom stereocenters. The highest BCUT2D eigenvalue weighted by Gasteiger charge is 2.46. The van der Waals surface area contributed by atoms with E-state index < -0.39 is 0 Å². The molecule has 1 amide bonds. The molecule has 4 rings (SSSR count). The van der Waals surface area contributed by atoms with Crippen LogP contribution >= 0.6 is 0 Å². The number of carbonyl (C=O) groups excluding carboxylic acids is 1. The molecule has 17 heavy (non-hydrogen) atoms.